The Labute approximate surface area is 120 Å². The molecule has 2 heterocycles. The first-order chi connectivity index (χ1) is 10.2. The molecule has 0 aliphatic carbocycles. The normalized spacial score (nSPS) is 10.5. The van der Waals surface area contributed by atoms with Gasteiger partial charge < -0.3 is 13.7 Å². The van der Waals surface area contributed by atoms with E-state index >= 15 is 0 Å². The van der Waals surface area contributed by atoms with E-state index in [1.807, 2.05) is 30.3 Å². The van der Waals surface area contributed by atoms with Gasteiger partial charge in [-0.3, -0.25) is 0 Å². The lowest BCUT2D eigenvalue weighted by Gasteiger charge is -1.99. The largest absolute Gasteiger partial charge is 0.469 e. The van der Waals surface area contributed by atoms with Crippen LogP contribution in [-0.4, -0.2) is 16.1 Å². The Kier molecular flexibility index (Phi) is 3.51. The first kappa shape index (κ1) is 13.1. The van der Waals surface area contributed by atoms with Crippen LogP contribution in [0.15, 0.2) is 51.6 Å². The van der Waals surface area contributed by atoms with Crippen LogP contribution in [0.2, 0.25) is 0 Å². The van der Waals surface area contributed by atoms with Gasteiger partial charge in [-0.2, -0.15) is 4.98 Å². The number of nitrogens with zero attached hydrogens (tertiary/aromatic N) is 2. The highest BCUT2D eigenvalue weighted by atomic mass is 16.6. The third-order valence-electron chi connectivity index (χ3n) is 2.91. The lowest BCUT2D eigenvalue weighted by Crippen LogP contribution is -2.05. The molecular formula is C15H12N2O4. The monoisotopic (exact) mass is 284 g/mol. The van der Waals surface area contributed by atoms with Gasteiger partial charge >= 0.3 is 5.97 Å². The fraction of sp³-hybridized carbons (Fsp3) is 0.133. The van der Waals surface area contributed by atoms with Crippen molar-refractivity contribution in [2.45, 2.75) is 13.5 Å². The SMILES string of the molecule is Cc1occc1C(=O)OCc1nc(-c2ccccc2)no1. The number of ether oxygens (including phenoxy) is 1. The summed E-state index contributed by atoms with van der Waals surface area (Å²) >= 11 is 0. The molecule has 0 aliphatic heterocycles. The van der Waals surface area contributed by atoms with E-state index in [9.17, 15) is 4.79 Å². The van der Waals surface area contributed by atoms with E-state index in [2.05, 4.69) is 10.1 Å². The molecule has 0 radical (unpaired) electrons. The minimum absolute atomic E-state index is 0.0801. The molecular weight excluding hydrogens is 272 g/mol. The average molecular weight is 284 g/mol. The average Bonchev–Trinajstić information content (AvgIpc) is 3.15. The first-order valence-corrected chi connectivity index (χ1v) is 6.33. The topological polar surface area (TPSA) is 78.4 Å². The van der Waals surface area contributed by atoms with E-state index in [1.54, 1.807) is 13.0 Å². The van der Waals surface area contributed by atoms with Crippen molar-refractivity contribution in [3.63, 3.8) is 0 Å². The molecule has 3 aromatic rings. The number of rotatable bonds is 4. The van der Waals surface area contributed by atoms with Gasteiger partial charge in [0.15, 0.2) is 6.61 Å². The molecule has 2 aromatic heterocycles. The van der Waals surface area contributed by atoms with Gasteiger partial charge in [0.2, 0.25) is 5.82 Å². The lowest BCUT2D eigenvalue weighted by molar-refractivity contribution is 0.0428. The van der Waals surface area contributed by atoms with Crippen molar-refractivity contribution in [3.8, 4) is 11.4 Å². The molecule has 0 unspecified atom stereocenters. The zero-order chi connectivity index (χ0) is 14.7. The molecule has 0 spiro atoms. The summed E-state index contributed by atoms with van der Waals surface area (Å²) in [6.07, 6.45) is 1.44. The van der Waals surface area contributed by atoms with Crippen molar-refractivity contribution in [1.29, 1.82) is 0 Å². The van der Waals surface area contributed by atoms with E-state index in [4.69, 9.17) is 13.7 Å². The predicted molar refractivity (Wildman–Crippen MR) is 72.3 cm³/mol. The van der Waals surface area contributed by atoms with Crippen molar-refractivity contribution in [2.75, 3.05) is 0 Å². The molecule has 21 heavy (non-hydrogen) atoms. The Balaban J connectivity index is 1.66. The zero-order valence-corrected chi connectivity index (χ0v) is 11.3. The van der Waals surface area contributed by atoms with Crippen LogP contribution in [0.1, 0.15) is 22.0 Å². The highest BCUT2D eigenvalue weighted by Gasteiger charge is 2.15. The minimum atomic E-state index is -0.485. The number of benzene rings is 1. The maximum Gasteiger partial charge on any atom is 0.342 e. The third kappa shape index (κ3) is 2.84. The minimum Gasteiger partial charge on any atom is -0.469 e. The number of aryl methyl sites for hydroxylation is 1. The molecule has 0 N–H and O–H groups in total. The molecule has 0 atom stereocenters. The maximum absolute atomic E-state index is 11.8. The van der Waals surface area contributed by atoms with Crippen molar-refractivity contribution in [2.24, 2.45) is 0 Å². The van der Waals surface area contributed by atoms with Crippen molar-refractivity contribution in [3.05, 3.63) is 59.9 Å². The van der Waals surface area contributed by atoms with E-state index < -0.39 is 5.97 Å². The summed E-state index contributed by atoms with van der Waals surface area (Å²) in [6, 6.07) is 11.0. The summed E-state index contributed by atoms with van der Waals surface area (Å²) in [6.45, 7) is 1.61. The number of hydrogen-bond acceptors (Lipinski definition) is 6. The number of carbonyl (C=O) groups is 1. The van der Waals surface area contributed by atoms with Crippen LogP contribution in [0.25, 0.3) is 11.4 Å². The van der Waals surface area contributed by atoms with Crippen molar-refractivity contribution < 1.29 is 18.5 Å². The first-order valence-electron chi connectivity index (χ1n) is 6.33. The molecule has 0 amide bonds. The Bertz CT molecular complexity index is 746. The number of aromatic nitrogens is 2. The van der Waals surface area contributed by atoms with Gasteiger partial charge in [0.1, 0.15) is 11.3 Å². The van der Waals surface area contributed by atoms with Gasteiger partial charge in [-0.15, -0.1) is 0 Å². The fourth-order valence-corrected chi connectivity index (χ4v) is 1.82. The molecule has 6 nitrogen and oxygen atoms in total. The molecule has 0 fully saturated rings. The Hall–Kier alpha value is -2.89. The summed E-state index contributed by atoms with van der Waals surface area (Å²) in [5, 5.41) is 3.85. The second kappa shape index (κ2) is 5.62. The highest BCUT2D eigenvalue weighted by molar-refractivity contribution is 5.90. The van der Waals surface area contributed by atoms with Crippen LogP contribution < -0.4 is 0 Å². The quantitative estimate of drug-likeness (QED) is 0.685. The molecule has 1 aromatic carbocycles. The van der Waals surface area contributed by atoms with Crippen molar-refractivity contribution in [1.82, 2.24) is 10.1 Å². The standard InChI is InChI=1S/C15H12N2O4/c1-10-12(7-8-19-10)15(18)20-9-13-16-14(17-21-13)11-5-3-2-4-6-11/h2-8H,9H2,1H3. The number of esters is 1. The molecule has 0 saturated heterocycles. The van der Waals surface area contributed by atoms with Crippen LogP contribution in [-0.2, 0) is 11.3 Å². The van der Waals surface area contributed by atoms with Crippen molar-refractivity contribution >= 4 is 5.97 Å². The Morgan fingerprint density at radius 3 is 2.76 bits per heavy atom. The summed E-state index contributed by atoms with van der Waals surface area (Å²) in [5.74, 6) is 0.723. The van der Waals surface area contributed by atoms with Gasteiger partial charge in [0, 0.05) is 5.56 Å². The second-order valence-electron chi connectivity index (χ2n) is 4.34. The summed E-state index contributed by atoms with van der Waals surface area (Å²) < 4.78 is 15.2. The van der Waals surface area contributed by atoms with Gasteiger partial charge in [0.25, 0.3) is 5.89 Å². The van der Waals surface area contributed by atoms with Crippen LogP contribution in [0.4, 0.5) is 0 Å². The zero-order valence-electron chi connectivity index (χ0n) is 11.3. The van der Waals surface area contributed by atoms with E-state index in [-0.39, 0.29) is 12.5 Å². The predicted octanol–water partition coefficient (Wildman–Crippen LogP) is 3.00. The molecule has 3 rings (SSSR count). The third-order valence-corrected chi connectivity index (χ3v) is 2.91. The van der Waals surface area contributed by atoms with Crippen LogP contribution in [0, 0.1) is 6.92 Å². The smallest absolute Gasteiger partial charge is 0.342 e. The van der Waals surface area contributed by atoms with Crippen LogP contribution >= 0.6 is 0 Å². The highest BCUT2D eigenvalue weighted by Crippen LogP contribution is 2.16. The number of furan rings is 1. The summed E-state index contributed by atoms with van der Waals surface area (Å²) in [5.41, 5.74) is 1.22. The van der Waals surface area contributed by atoms with Crippen LogP contribution in [0.5, 0.6) is 0 Å². The van der Waals surface area contributed by atoms with Gasteiger partial charge in [-0.25, -0.2) is 4.79 Å². The van der Waals surface area contributed by atoms with Gasteiger partial charge in [0.05, 0.1) is 6.26 Å². The Morgan fingerprint density at radius 2 is 2.05 bits per heavy atom. The van der Waals surface area contributed by atoms with E-state index in [1.165, 1.54) is 6.26 Å². The molecule has 0 bridgehead atoms. The number of hydrogen-bond donors (Lipinski definition) is 0. The van der Waals surface area contributed by atoms with E-state index in [0.717, 1.165) is 5.56 Å². The molecule has 106 valence electrons. The molecule has 6 heteroatoms. The second-order valence-corrected chi connectivity index (χ2v) is 4.34. The molecule has 0 saturated carbocycles. The van der Waals surface area contributed by atoms with E-state index in [0.29, 0.717) is 17.1 Å². The van der Waals surface area contributed by atoms with Gasteiger partial charge in [-0.1, -0.05) is 35.5 Å². The summed E-state index contributed by atoms with van der Waals surface area (Å²) in [4.78, 5) is 16.0. The summed E-state index contributed by atoms with van der Waals surface area (Å²) in [7, 11) is 0. The maximum atomic E-state index is 11.8. The van der Waals surface area contributed by atoms with Crippen LogP contribution in [0.3, 0.4) is 0 Å². The van der Waals surface area contributed by atoms with Gasteiger partial charge in [-0.05, 0) is 13.0 Å². The lowest BCUT2D eigenvalue weighted by atomic mass is 10.2. The molecule has 0 aliphatic rings. The Morgan fingerprint density at radius 1 is 1.24 bits per heavy atom. The number of carbonyl (C=O) groups excluding carboxylic acids is 1. The fourth-order valence-electron chi connectivity index (χ4n) is 1.82.